The van der Waals surface area contributed by atoms with Crippen molar-refractivity contribution in [3.63, 3.8) is 0 Å². The molecule has 0 heterocycles. The Kier molecular flexibility index (Phi) is 13.3. The molecule has 0 spiro atoms. The molecule has 0 aromatic carbocycles. The number of carbonyl (C=O) groups excluding carboxylic acids is 1. The predicted octanol–water partition coefficient (Wildman–Crippen LogP) is 1.05. The molecule has 0 aromatic rings. The lowest BCUT2D eigenvalue weighted by atomic mass is 10.2. The number of allylic oxidation sites excluding steroid dienone is 1. The van der Waals surface area contributed by atoms with E-state index in [4.69, 9.17) is 19.4 Å². The number of phosphoric ester groups is 1. The molecular formula is C13H24NO10PS3. The first-order valence-electron chi connectivity index (χ1n) is 7.95. The SMILES string of the molecule is C[C@@H](OP(=O)(O)O)[C@H](NC(=O)/C=C/CCCCSSCCS(=O)(=O)O)C(=O)O. The first-order valence-corrected chi connectivity index (χ1v) is 13.6. The van der Waals surface area contributed by atoms with E-state index in [-0.39, 0.29) is 5.75 Å². The molecule has 0 saturated carbocycles. The maximum absolute atomic E-state index is 11.7. The molecule has 164 valence electrons. The molecule has 0 rings (SSSR count). The Balaban J connectivity index is 4.06. The van der Waals surface area contributed by atoms with Crippen LogP contribution >= 0.6 is 29.4 Å². The van der Waals surface area contributed by atoms with Crippen LogP contribution in [0.2, 0.25) is 0 Å². The van der Waals surface area contributed by atoms with Crippen LogP contribution in [-0.2, 0) is 28.8 Å². The normalized spacial score (nSPS) is 14.7. The average molecular weight is 482 g/mol. The van der Waals surface area contributed by atoms with Crippen molar-refractivity contribution in [1.82, 2.24) is 5.32 Å². The number of carbonyl (C=O) groups is 2. The van der Waals surface area contributed by atoms with Crippen LogP contribution in [0.15, 0.2) is 12.2 Å². The lowest BCUT2D eigenvalue weighted by molar-refractivity contribution is -0.143. The molecule has 0 saturated heterocycles. The zero-order chi connectivity index (χ0) is 21.8. The molecule has 1 amide bonds. The lowest BCUT2D eigenvalue weighted by Crippen LogP contribution is -2.47. The Morgan fingerprint density at radius 2 is 1.82 bits per heavy atom. The number of rotatable bonds is 15. The second-order valence-electron chi connectivity index (χ2n) is 5.45. The van der Waals surface area contributed by atoms with E-state index in [1.807, 2.05) is 0 Å². The highest BCUT2D eigenvalue weighted by molar-refractivity contribution is 8.76. The van der Waals surface area contributed by atoms with Gasteiger partial charge in [0.15, 0.2) is 6.04 Å². The van der Waals surface area contributed by atoms with E-state index < -0.39 is 42.0 Å². The molecule has 0 radical (unpaired) electrons. The molecule has 0 aliphatic rings. The number of nitrogens with one attached hydrogen (secondary N) is 1. The lowest BCUT2D eigenvalue weighted by Gasteiger charge is -2.21. The van der Waals surface area contributed by atoms with Crippen LogP contribution in [-0.4, -0.2) is 69.1 Å². The van der Waals surface area contributed by atoms with Gasteiger partial charge in [0.2, 0.25) is 5.91 Å². The number of hydrogen-bond acceptors (Lipinski definition) is 8. The van der Waals surface area contributed by atoms with E-state index in [9.17, 15) is 22.6 Å². The maximum atomic E-state index is 11.7. The van der Waals surface area contributed by atoms with Gasteiger partial charge in [-0.1, -0.05) is 27.7 Å². The highest BCUT2D eigenvalue weighted by Gasteiger charge is 2.31. The Morgan fingerprint density at radius 1 is 1.21 bits per heavy atom. The van der Waals surface area contributed by atoms with Gasteiger partial charge in [-0.2, -0.15) is 8.42 Å². The van der Waals surface area contributed by atoms with Crippen molar-refractivity contribution in [2.45, 2.75) is 38.3 Å². The zero-order valence-electron chi connectivity index (χ0n) is 15.0. The summed E-state index contributed by atoms with van der Waals surface area (Å²) in [4.78, 5) is 40.3. The fourth-order valence-electron chi connectivity index (χ4n) is 1.73. The Bertz CT molecular complexity index is 678. The Morgan fingerprint density at radius 3 is 2.36 bits per heavy atom. The molecule has 11 nitrogen and oxygen atoms in total. The van der Waals surface area contributed by atoms with Crippen molar-refractivity contribution in [2.24, 2.45) is 0 Å². The maximum Gasteiger partial charge on any atom is 0.469 e. The summed E-state index contributed by atoms with van der Waals surface area (Å²) in [6, 6.07) is -1.62. The Labute approximate surface area is 171 Å². The second kappa shape index (κ2) is 13.6. The van der Waals surface area contributed by atoms with Gasteiger partial charge in [-0.15, -0.1) is 0 Å². The molecular weight excluding hydrogens is 457 g/mol. The number of hydrogen-bond donors (Lipinski definition) is 5. The van der Waals surface area contributed by atoms with Gasteiger partial charge in [-0.05, 0) is 32.3 Å². The molecule has 15 heteroatoms. The quantitative estimate of drug-likeness (QED) is 0.0736. The van der Waals surface area contributed by atoms with Crippen LogP contribution in [0.5, 0.6) is 0 Å². The first kappa shape index (κ1) is 27.4. The fraction of sp³-hybridized carbons (Fsp3) is 0.692. The molecule has 2 atom stereocenters. The molecule has 0 fully saturated rings. The minimum Gasteiger partial charge on any atom is -0.480 e. The minimum absolute atomic E-state index is 0.290. The van der Waals surface area contributed by atoms with Crippen LogP contribution in [0.1, 0.15) is 26.2 Å². The van der Waals surface area contributed by atoms with Crippen LogP contribution in [0.3, 0.4) is 0 Å². The number of carboxylic acid groups (broad SMARTS) is 1. The van der Waals surface area contributed by atoms with Gasteiger partial charge in [-0.3, -0.25) is 13.9 Å². The third-order valence-corrected chi connectivity index (χ3v) is 7.04. The van der Waals surface area contributed by atoms with E-state index in [0.29, 0.717) is 12.2 Å². The van der Waals surface area contributed by atoms with E-state index in [2.05, 4.69) is 9.84 Å². The molecule has 0 aliphatic carbocycles. The van der Waals surface area contributed by atoms with Crippen molar-refractivity contribution in [1.29, 1.82) is 0 Å². The van der Waals surface area contributed by atoms with Gasteiger partial charge in [0.1, 0.15) is 0 Å². The summed E-state index contributed by atoms with van der Waals surface area (Å²) in [5.41, 5.74) is 0. The Hall–Kier alpha value is -0.600. The van der Waals surface area contributed by atoms with E-state index in [1.165, 1.54) is 21.6 Å². The van der Waals surface area contributed by atoms with Crippen LogP contribution in [0.25, 0.3) is 0 Å². The highest BCUT2D eigenvalue weighted by Crippen LogP contribution is 2.38. The fourth-order valence-corrected chi connectivity index (χ4v) is 5.63. The summed E-state index contributed by atoms with van der Waals surface area (Å²) in [6.07, 6.45) is 3.34. The molecule has 0 aromatic heterocycles. The molecule has 0 bridgehead atoms. The summed E-state index contributed by atoms with van der Waals surface area (Å²) < 4.78 is 44.6. The van der Waals surface area contributed by atoms with E-state index in [0.717, 1.165) is 31.6 Å². The second-order valence-corrected chi connectivity index (χ2v) is 10.9. The smallest absolute Gasteiger partial charge is 0.469 e. The molecule has 5 N–H and O–H groups in total. The number of aliphatic carboxylic acids is 1. The molecule has 0 aliphatic heterocycles. The number of phosphoric acid groups is 1. The van der Waals surface area contributed by atoms with Crippen molar-refractivity contribution in [2.75, 3.05) is 17.3 Å². The van der Waals surface area contributed by atoms with Crippen LogP contribution in [0.4, 0.5) is 0 Å². The average Bonchev–Trinajstić information content (AvgIpc) is 2.51. The monoisotopic (exact) mass is 481 g/mol. The molecule has 28 heavy (non-hydrogen) atoms. The summed E-state index contributed by atoms with van der Waals surface area (Å²) in [7, 11) is -6.01. The van der Waals surface area contributed by atoms with Gasteiger partial charge >= 0.3 is 13.8 Å². The third-order valence-electron chi connectivity index (χ3n) is 2.96. The van der Waals surface area contributed by atoms with Crippen molar-refractivity contribution in [3.8, 4) is 0 Å². The zero-order valence-corrected chi connectivity index (χ0v) is 18.3. The highest BCUT2D eigenvalue weighted by atomic mass is 33.1. The third kappa shape index (κ3) is 16.4. The van der Waals surface area contributed by atoms with Crippen molar-refractivity contribution in [3.05, 3.63) is 12.2 Å². The molecule has 0 unspecified atom stereocenters. The van der Waals surface area contributed by atoms with Gasteiger partial charge < -0.3 is 20.2 Å². The van der Waals surface area contributed by atoms with Crippen LogP contribution < -0.4 is 5.32 Å². The van der Waals surface area contributed by atoms with Gasteiger partial charge in [0, 0.05) is 11.5 Å². The first-order chi connectivity index (χ1) is 12.8. The largest absolute Gasteiger partial charge is 0.480 e. The number of unbranched alkanes of at least 4 members (excludes halogenated alkanes) is 2. The predicted molar refractivity (Wildman–Crippen MR) is 106 cm³/mol. The van der Waals surface area contributed by atoms with Gasteiger partial charge in [0.25, 0.3) is 10.1 Å². The van der Waals surface area contributed by atoms with Crippen molar-refractivity contribution < 1.29 is 46.5 Å². The number of amides is 1. The summed E-state index contributed by atoms with van der Waals surface area (Å²) in [5, 5.41) is 11.1. The van der Waals surface area contributed by atoms with Gasteiger partial charge in [-0.25, -0.2) is 9.36 Å². The topological polar surface area (TPSA) is 188 Å². The van der Waals surface area contributed by atoms with Crippen LogP contribution in [0, 0.1) is 0 Å². The standard InChI is InChI=1S/C13H24NO10PS3/c1-10(24-25(18,19)20)12(13(16)17)14-11(15)6-4-2-3-5-7-26-27-8-9-28(21,22)23/h4,6,10,12H,2-3,5,7-9H2,1H3,(H,14,15)(H,16,17)(H2,18,19,20)(H,21,22,23)/b6-4+/t10-,12+/m1/s1. The van der Waals surface area contributed by atoms with Crippen molar-refractivity contribution >= 4 is 51.4 Å². The minimum atomic E-state index is -4.89. The summed E-state index contributed by atoms with van der Waals surface area (Å²) >= 11 is 0. The summed E-state index contributed by atoms with van der Waals surface area (Å²) in [5.74, 6) is -1.47. The summed E-state index contributed by atoms with van der Waals surface area (Å²) in [6.45, 7) is 1.12. The van der Waals surface area contributed by atoms with E-state index >= 15 is 0 Å². The van der Waals surface area contributed by atoms with Gasteiger partial charge in [0.05, 0.1) is 11.9 Å². The van der Waals surface area contributed by atoms with E-state index in [1.54, 1.807) is 6.08 Å². The number of carboxylic acids is 1.